The minimum atomic E-state index is -0.761. The predicted octanol–water partition coefficient (Wildman–Crippen LogP) is 5.01. The van der Waals surface area contributed by atoms with Crippen molar-refractivity contribution in [2.75, 3.05) is 0 Å². The lowest BCUT2D eigenvalue weighted by Crippen LogP contribution is -2.16. The predicted molar refractivity (Wildman–Crippen MR) is 133 cm³/mol. The van der Waals surface area contributed by atoms with E-state index >= 15 is 0 Å². The van der Waals surface area contributed by atoms with Gasteiger partial charge in [0.1, 0.15) is 28.2 Å². The molecule has 8 nitrogen and oxygen atoms in total. The second-order valence-corrected chi connectivity index (χ2v) is 8.76. The molecule has 5 rings (SSSR count). The fourth-order valence-electron chi connectivity index (χ4n) is 4.09. The summed E-state index contributed by atoms with van der Waals surface area (Å²) < 4.78 is 14.2. The first-order chi connectivity index (χ1) is 16.7. The van der Waals surface area contributed by atoms with Crippen LogP contribution >= 0.6 is 11.6 Å². The summed E-state index contributed by atoms with van der Waals surface area (Å²) in [6.07, 6.45) is 3.17. The van der Waals surface area contributed by atoms with Gasteiger partial charge >= 0.3 is 0 Å². The van der Waals surface area contributed by atoms with Gasteiger partial charge in [-0.1, -0.05) is 11.6 Å². The zero-order valence-corrected chi connectivity index (χ0v) is 20.0. The molecule has 2 N–H and O–H groups in total. The number of aromatic nitrogens is 3. The third-order valence-corrected chi connectivity index (χ3v) is 5.87. The molecular weight excluding hydrogens is 468 g/mol. The summed E-state index contributed by atoms with van der Waals surface area (Å²) in [6, 6.07) is 11.9. The van der Waals surface area contributed by atoms with Gasteiger partial charge in [0.2, 0.25) is 0 Å². The molecule has 0 bridgehead atoms. The number of halogens is 1. The highest BCUT2D eigenvalue weighted by atomic mass is 35.5. The molecule has 35 heavy (non-hydrogen) atoms. The summed E-state index contributed by atoms with van der Waals surface area (Å²) in [5.41, 5.74) is 9.52. The maximum atomic E-state index is 13.1. The van der Waals surface area contributed by atoms with Gasteiger partial charge in [0.25, 0.3) is 5.91 Å². The summed E-state index contributed by atoms with van der Waals surface area (Å²) in [5, 5.41) is 0.559. The Balaban J connectivity index is 1.63. The molecule has 4 aromatic heterocycles. The van der Waals surface area contributed by atoms with Crippen LogP contribution in [-0.4, -0.2) is 20.3 Å². The van der Waals surface area contributed by atoms with Crippen molar-refractivity contribution in [3.05, 3.63) is 92.7 Å². The minimum Gasteiger partial charge on any atom is -0.483 e. The summed E-state index contributed by atoms with van der Waals surface area (Å²) in [6.45, 7) is 5.59. The molecule has 0 unspecified atom stereocenters. The molecule has 0 radical (unpaired) electrons. The highest BCUT2D eigenvalue weighted by Gasteiger charge is 2.20. The molecule has 176 valence electrons. The number of benzene rings is 1. The van der Waals surface area contributed by atoms with E-state index in [-0.39, 0.29) is 22.0 Å². The lowest BCUT2D eigenvalue weighted by molar-refractivity contribution is 0.0988. The maximum absolute atomic E-state index is 13.1. The van der Waals surface area contributed by atoms with Crippen molar-refractivity contribution >= 4 is 34.1 Å². The number of aryl methyl sites for hydroxylation is 2. The van der Waals surface area contributed by atoms with E-state index in [1.54, 1.807) is 13.0 Å². The Morgan fingerprint density at radius 3 is 2.69 bits per heavy atom. The number of ether oxygens (including phenoxy) is 1. The summed E-state index contributed by atoms with van der Waals surface area (Å²) in [7, 11) is 0. The molecule has 0 aliphatic heterocycles. The molecule has 0 fully saturated rings. The molecular formula is C26H21ClN4O4. The van der Waals surface area contributed by atoms with E-state index < -0.39 is 12.0 Å². The van der Waals surface area contributed by atoms with Crippen LogP contribution in [0.1, 0.15) is 40.3 Å². The Kier molecular flexibility index (Phi) is 5.53. The molecule has 0 saturated carbocycles. The van der Waals surface area contributed by atoms with E-state index in [0.29, 0.717) is 22.3 Å². The van der Waals surface area contributed by atoms with Gasteiger partial charge in [-0.25, -0.2) is 9.97 Å². The van der Waals surface area contributed by atoms with Gasteiger partial charge in [0, 0.05) is 29.6 Å². The SMILES string of the molecule is Cc1cc([C@@H](C)Oc2ccc(Cl)nc2C(N)=O)c2oc(-c3ccc4nc(C)cn4c3)cc(=O)c2c1. The fraction of sp³-hybridized carbons (Fsp3) is 0.154. The lowest BCUT2D eigenvalue weighted by atomic mass is 10.0. The van der Waals surface area contributed by atoms with Crippen molar-refractivity contribution in [2.24, 2.45) is 5.73 Å². The van der Waals surface area contributed by atoms with Crippen molar-refractivity contribution in [1.29, 1.82) is 0 Å². The first kappa shape index (κ1) is 22.6. The van der Waals surface area contributed by atoms with E-state index in [4.69, 9.17) is 26.5 Å². The van der Waals surface area contributed by atoms with Crippen molar-refractivity contribution < 1.29 is 13.9 Å². The standard InChI is InChI=1S/C26H21ClN4O4/c1-13-8-17(15(3)34-20-5-6-22(27)30-24(20)26(28)33)25-18(9-13)19(32)10-21(35-25)16-4-7-23-29-14(2)11-31(23)12-16/h4-12,15H,1-3H3,(H2,28,33)/t15-/m1/s1. The molecule has 9 heteroatoms. The molecule has 0 aliphatic rings. The van der Waals surface area contributed by atoms with Crippen molar-refractivity contribution in [3.63, 3.8) is 0 Å². The van der Waals surface area contributed by atoms with Gasteiger partial charge in [0.15, 0.2) is 16.9 Å². The zero-order chi connectivity index (χ0) is 24.9. The van der Waals surface area contributed by atoms with Crippen LogP contribution in [0.15, 0.2) is 64.1 Å². The van der Waals surface area contributed by atoms with E-state index in [2.05, 4.69) is 9.97 Å². The third kappa shape index (κ3) is 4.24. The van der Waals surface area contributed by atoms with E-state index in [0.717, 1.165) is 22.5 Å². The third-order valence-electron chi connectivity index (χ3n) is 5.66. The van der Waals surface area contributed by atoms with E-state index in [1.807, 2.05) is 48.8 Å². The normalized spacial score (nSPS) is 12.2. The monoisotopic (exact) mass is 488 g/mol. The van der Waals surface area contributed by atoms with Crippen LogP contribution in [0, 0.1) is 13.8 Å². The second-order valence-electron chi connectivity index (χ2n) is 8.38. The van der Waals surface area contributed by atoms with Gasteiger partial charge in [-0.15, -0.1) is 0 Å². The zero-order valence-electron chi connectivity index (χ0n) is 19.2. The van der Waals surface area contributed by atoms with Crippen LogP contribution < -0.4 is 15.9 Å². The van der Waals surface area contributed by atoms with Gasteiger partial charge in [-0.3, -0.25) is 9.59 Å². The Hall–Kier alpha value is -4.17. The molecule has 1 aromatic carbocycles. The Labute approximate surface area is 204 Å². The van der Waals surface area contributed by atoms with Crippen LogP contribution in [-0.2, 0) is 0 Å². The molecule has 4 heterocycles. The number of hydrogen-bond donors (Lipinski definition) is 1. The van der Waals surface area contributed by atoms with Gasteiger partial charge in [0.05, 0.1) is 11.1 Å². The Morgan fingerprint density at radius 1 is 1.11 bits per heavy atom. The number of primary amides is 1. The van der Waals surface area contributed by atoms with Crippen LogP contribution in [0.4, 0.5) is 0 Å². The minimum absolute atomic E-state index is 0.0765. The fourth-order valence-corrected chi connectivity index (χ4v) is 4.24. The van der Waals surface area contributed by atoms with Crippen molar-refractivity contribution in [2.45, 2.75) is 26.9 Å². The Morgan fingerprint density at radius 2 is 1.91 bits per heavy atom. The van der Waals surface area contributed by atoms with E-state index in [1.165, 1.54) is 18.2 Å². The number of fused-ring (bicyclic) bond motifs is 2. The average molecular weight is 489 g/mol. The van der Waals surface area contributed by atoms with Crippen LogP contribution in [0.2, 0.25) is 5.15 Å². The number of hydrogen-bond acceptors (Lipinski definition) is 6. The molecule has 1 amide bonds. The number of carbonyl (C=O) groups is 1. The molecule has 0 spiro atoms. The first-order valence-electron chi connectivity index (χ1n) is 10.9. The smallest absolute Gasteiger partial charge is 0.271 e. The van der Waals surface area contributed by atoms with Gasteiger partial charge in [-0.05, 0) is 62.7 Å². The summed E-state index contributed by atoms with van der Waals surface area (Å²) in [4.78, 5) is 33.4. The topological polar surface area (TPSA) is 113 Å². The maximum Gasteiger partial charge on any atom is 0.271 e. The highest BCUT2D eigenvalue weighted by molar-refractivity contribution is 6.29. The van der Waals surface area contributed by atoms with Crippen molar-refractivity contribution in [3.8, 4) is 17.1 Å². The van der Waals surface area contributed by atoms with Crippen molar-refractivity contribution in [1.82, 2.24) is 14.4 Å². The van der Waals surface area contributed by atoms with Gasteiger partial charge < -0.3 is 19.3 Å². The Bertz CT molecular complexity index is 1690. The highest BCUT2D eigenvalue weighted by Crippen LogP contribution is 2.32. The van der Waals surface area contributed by atoms with Crippen LogP contribution in [0.25, 0.3) is 27.9 Å². The average Bonchev–Trinajstić information content (AvgIpc) is 3.19. The summed E-state index contributed by atoms with van der Waals surface area (Å²) >= 11 is 5.91. The van der Waals surface area contributed by atoms with Gasteiger partial charge in [-0.2, -0.15) is 0 Å². The number of nitrogens with two attached hydrogens (primary N) is 1. The summed E-state index contributed by atoms with van der Waals surface area (Å²) in [5.74, 6) is -0.162. The number of pyridine rings is 2. The molecule has 0 aliphatic carbocycles. The largest absolute Gasteiger partial charge is 0.483 e. The lowest BCUT2D eigenvalue weighted by Gasteiger charge is -2.18. The second kappa shape index (κ2) is 8.56. The van der Waals surface area contributed by atoms with Crippen LogP contribution in [0.3, 0.4) is 0 Å². The first-order valence-corrected chi connectivity index (χ1v) is 11.2. The number of amides is 1. The number of nitrogens with zero attached hydrogens (tertiary/aromatic N) is 3. The van der Waals surface area contributed by atoms with Crippen LogP contribution in [0.5, 0.6) is 5.75 Å². The van der Waals surface area contributed by atoms with E-state index in [9.17, 15) is 9.59 Å². The molecule has 5 aromatic rings. The molecule has 0 saturated heterocycles. The number of imidazole rings is 1. The molecule has 1 atom stereocenters. The number of carbonyl (C=O) groups excluding carboxylic acids is 1. The quantitative estimate of drug-likeness (QED) is 0.348. The number of rotatable bonds is 5.